The van der Waals surface area contributed by atoms with Gasteiger partial charge in [-0.25, -0.2) is 0 Å². The minimum Gasteiger partial charge on any atom is -0.457 e. The van der Waals surface area contributed by atoms with Gasteiger partial charge in [-0.3, -0.25) is 4.79 Å². The average molecular weight is 318 g/mol. The lowest BCUT2D eigenvalue weighted by atomic mass is 9.82. The smallest absolute Gasteiger partial charge is 0.207 e. The van der Waals surface area contributed by atoms with Gasteiger partial charge < -0.3 is 15.2 Å². The Hall–Kier alpha value is -2.04. The van der Waals surface area contributed by atoms with Crippen LogP contribution in [0.1, 0.15) is 23.0 Å². The molecule has 0 bridgehead atoms. The fourth-order valence-corrected chi connectivity index (χ4v) is 3.17. The van der Waals surface area contributed by atoms with Crippen LogP contribution < -0.4 is 10.1 Å². The van der Waals surface area contributed by atoms with E-state index < -0.39 is 0 Å². The summed E-state index contributed by atoms with van der Waals surface area (Å²) in [5.74, 6) is 1.13. The molecule has 0 spiro atoms. The zero-order chi connectivity index (χ0) is 15.5. The first kappa shape index (κ1) is 14.9. The van der Waals surface area contributed by atoms with Gasteiger partial charge in [-0.1, -0.05) is 29.8 Å². The molecule has 2 N–H and O–H groups in total. The standard InChI is InChI=1S/C17H16ClNO3/c18-11-5-6-17-13(7-11)14(8-19-10-21)15(9-20)12-3-1-2-4-16(12)22-17/h1-7,10,14-15,20H,8-9H2,(H,19,21). The van der Waals surface area contributed by atoms with Crippen molar-refractivity contribution in [1.29, 1.82) is 0 Å². The second-order valence-electron chi connectivity index (χ2n) is 5.24. The molecule has 114 valence electrons. The minimum absolute atomic E-state index is 0.0441. The van der Waals surface area contributed by atoms with Gasteiger partial charge in [-0.05, 0) is 24.3 Å². The second-order valence-corrected chi connectivity index (χ2v) is 5.68. The highest BCUT2D eigenvalue weighted by Crippen LogP contribution is 2.46. The molecule has 0 aliphatic carbocycles. The van der Waals surface area contributed by atoms with Gasteiger partial charge in [0.15, 0.2) is 0 Å². The Labute approximate surface area is 133 Å². The predicted molar refractivity (Wildman–Crippen MR) is 84.6 cm³/mol. The number of para-hydroxylation sites is 1. The van der Waals surface area contributed by atoms with Crippen molar-refractivity contribution in [3.05, 3.63) is 58.6 Å². The van der Waals surface area contributed by atoms with Gasteiger partial charge in [0.05, 0.1) is 6.61 Å². The van der Waals surface area contributed by atoms with Crippen molar-refractivity contribution in [3.63, 3.8) is 0 Å². The van der Waals surface area contributed by atoms with Crippen LogP contribution in [0.25, 0.3) is 0 Å². The van der Waals surface area contributed by atoms with Gasteiger partial charge in [-0.15, -0.1) is 0 Å². The first-order chi connectivity index (χ1) is 10.7. The van der Waals surface area contributed by atoms with Gasteiger partial charge in [0.25, 0.3) is 0 Å². The molecule has 2 aromatic carbocycles. The molecular weight excluding hydrogens is 302 g/mol. The van der Waals surface area contributed by atoms with Gasteiger partial charge in [0.1, 0.15) is 11.5 Å². The third kappa shape index (κ3) is 2.67. The Morgan fingerprint density at radius 3 is 2.68 bits per heavy atom. The average Bonchev–Trinajstić information content (AvgIpc) is 2.66. The number of carbonyl (C=O) groups is 1. The quantitative estimate of drug-likeness (QED) is 0.852. The number of carbonyl (C=O) groups excluding carboxylic acids is 1. The minimum atomic E-state index is -0.177. The van der Waals surface area contributed by atoms with E-state index in [1.165, 1.54) is 0 Å². The fourth-order valence-electron chi connectivity index (χ4n) is 2.99. The number of aliphatic hydroxyl groups excluding tert-OH is 1. The maximum atomic E-state index is 10.7. The van der Waals surface area contributed by atoms with E-state index in [1.807, 2.05) is 36.4 Å². The Kier molecular flexibility index (Phi) is 4.32. The highest BCUT2D eigenvalue weighted by molar-refractivity contribution is 6.30. The maximum absolute atomic E-state index is 10.7. The summed E-state index contributed by atoms with van der Waals surface area (Å²) in [7, 11) is 0. The van der Waals surface area contributed by atoms with Crippen LogP contribution in [0.2, 0.25) is 5.02 Å². The molecule has 5 heteroatoms. The van der Waals surface area contributed by atoms with Crippen molar-refractivity contribution in [2.45, 2.75) is 11.8 Å². The molecule has 3 rings (SSSR count). The summed E-state index contributed by atoms with van der Waals surface area (Å²) in [6.45, 7) is 0.358. The van der Waals surface area contributed by atoms with Crippen LogP contribution in [0, 0.1) is 0 Å². The predicted octanol–water partition coefficient (Wildman–Crippen LogP) is 3.05. The number of rotatable bonds is 4. The van der Waals surface area contributed by atoms with E-state index in [0.717, 1.165) is 16.9 Å². The van der Waals surface area contributed by atoms with E-state index in [2.05, 4.69) is 5.32 Å². The normalized spacial score (nSPS) is 19.4. The number of ether oxygens (including phenoxy) is 1. The van der Waals surface area contributed by atoms with Gasteiger partial charge >= 0.3 is 0 Å². The summed E-state index contributed by atoms with van der Waals surface area (Å²) >= 11 is 6.12. The van der Waals surface area contributed by atoms with Crippen LogP contribution in [-0.4, -0.2) is 24.7 Å². The van der Waals surface area contributed by atoms with E-state index in [9.17, 15) is 9.90 Å². The molecule has 2 unspecified atom stereocenters. The molecule has 1 aliphatic heterocycles. The van der Waals surface area contributed by atoms with Crippen molar-refractivity contribution >= 4 is 18.0 Å². The van der Waals surface area contributed by atoms with Gasteiger partial charge in [-0.2, -0.15) is 0 Å². The molecule has 0 saturated carbocycles. The molecular formula is C17H16ClNO3. The number of aliphatic hydroxyl groups is 1. The lowest BCUT2D eigenvalue weighted by Crippen LogP contribution is -2.26. The number of benzene rings is 2. The monoisotopic (exact) mass is 317 g/mol. The van der Waals surface area contributed by atoms with Crippen LogP contribution >= 0.6 is 11.6 Å². The van der Waals surface area contributed by atoms with Crippen molar-refractivity contribution in [2.24, 2.45) is 0 Å². The summed E-state index contributed by atoms with van der Waals surface area (Å²) in [5, 5.41) is 13.2. The number of halogens is 1. The van der Waals surface area contributed by atoms with Crippen molar-refractivity contribution in [1.82, 2.24) is 5.32 Å². The van der Waals surface area contributed by atoms with Crippen LogP contribution in [0.5, 0.6) is 11.5 Å². The maximum Gasteiger partial charge on any atom is 0.207 e. The molecule has 0 fully saturated rings. The molecule has 2 atom stereocenters. The van der Waals surface area contributed by atoms with E-state index in [0.29, 0.717) is 23.7 Å². The Bertz CT molecular complexity index is 689. The molecule has 0 aromatic heterocycles. The summed E-state index contributed by atoms with van der Waals surface area (Å²) in [4.78, 5) is 10.7. The zero-order valence-electron chi connectivity index (χ0n) is 11.8. The topological polar surface area (TPSA) is 58.6 Å². The molecule has 22 heavy (non-hydrogen) atoms. The van der Waals surface area contributed by atoms with Crippen molar-refractivity contribution in [3.8, 4) is 11.5 Å². The number of nitrogens with one attached hydrogen (secondary N) is 1. The first-order valence-electron chi connectivity index (χ1n) is 7.08. The largest absolute Gasteiger partial charge is 0.457 e. The highest BCUT2D eigenvalue weighted by atomic mass is 35.5. The fraction of sp³-hybridized carbons (Fsp3) is 0.235. The summed E-state index contributed by atoms with van der Waals surface area (Å²) in [5.41, 5.74) is 1.81. The summed E-state index contributed by atoms with van der Waals surface area (Å²) in [6.07, 6.45) is 0.663. The van der Waals surface area contributed by atoms with E-state index in [1.54, 1.807) is 6.07 Å². The lowest BCUT2D eigenvalue weighted by Gasteiger charge is -2.24. The number of amides is 1. The van der Waals surface area contributed by atoms with E-state index in [4.69, 9.17) is 16.3 Å². The first-order valence-corrected chi connectivity index (χ1v) is 7.46. The summed E-state index contributed by atoms with van der Waals surface area (Å²) in [6, 6.07) is 13.1. The lowest BCUT2D eigenvalue weighted by molar-refractivity contribution is -0.109. The Morgan fingerprint density at radius 2 is 1.91 bits per heavy atom. The van der Waals surface area contributed by atoms with E-state index >= 15 is 0 Å². The molecule has 0 radical (unpaired) electrons. The Balaban J connectivity index is 2.16. The van der Waals surface area contributed by atoms with Crippen LogP contribution in [0.4, 0.5) is 0 Å². The van der Waals surface area contributed by atoms with E-state index in [-0.39, 0.29) is 18.4 Å². The number of hydrogen-bond acceptors (Lipinski definition) is 3. The SMILES string of the molecule is O=CNCC1c2cc(Cl)ccc2Oc2ccccc2C1CO. The van der Waals surface area contributed by atoms with Crippen LogP contribution in [0.3, 0.4) is 0 Å². The van der Waals surface area contributed by atoms with Crippen LogP contribution in [-0.2, 0) is 4.79 Å². The summed E-state index contributed by atoms with van der Waals surface area (Å²) < 4.78 is 6.01. The third-order valence-corrected chi connectivity index (χ3v) is 4.25. The highest BCUT2D eigenvalue weighted by Gasteiger charge is 2.32. The molecule has 2 aromatic rings. The second kappa shape index (κ2) is 6.38. The molecule has 0 saturated heterocycles. The molecule has 1 heterocycles. The zero-order valence-corrected chi connectivity index (χ0v) is 12.6. The van der Waals surface area contributed by atoms with Crippen molar-refractivity contribution < 1.29 is 14.6 Å². The van der Waals surface area contributed by atoms with Gasteiger partial charge in [0.2, 0.25) is 6.41 Å². The number of hydrogen-bond donors (Lipinski definition) is 2. The molecule has 1 amide bonds. The van der Waals surface area contributed by atoms with Crippen molar-refractivity contribution in [2.75, 3.05) is 13.2 Å². The Morgan fingerprint density at radius 1 is 1.14 bits per heavy atom. The number of fused-ring (bicyclic) bond motifs is 2. The van der Waals surface area contributed by atoms with Gasteiger partial charge in [0, 0.05) is 34.5 Å². The van der Waals surface area contributed by atoms with Crippen LogP contribution in [0.15, 0.2) is 42.5 Å². The third-order valence-electron chi connectivity index (χ3n) is 4.01. The molecule has 1 aliphatic rings. The molecule has 4 nitrogen and oxygen atoms in total.